The second-order valence-electron chi connectivity index (χ2n) is 5.02. The molecule has 1 aliphatic heterocycles. The summed E-state index contributed by atoms with van der Waals surface area (Å²) in [5.41, 5.74) is 0.524. The van der Waals surface area contributed by atoms with Crippen molar-refractivity contribution in [2.75, 3.05) is 13.6 Å². The Morgan fingerprint density at radius 3 is 2.27 bits per heavy atom. The molecule has 0 amide bonds. The van der Waals surface area contributed by atoms with Gasteiger partial charge < -0.3 is 4.90 Å². The van der Waals surface area contributed by atoms with Gasteiger partial charge in [-0.25, -0.2) is 0 Å². The molecule has 11 heavy (non-hydrogen) atoms. The van der Waals surface area contributed by atoms with Crippen LogP contribution in [0, 0.1) is 5.41 Å². The standard InChI is InChI=1S/C10H21N/c1-10(2,3)7-5-9-6-8-11(9)4/h9H,5-8H2,1-4H3. The zero-order valence-electron chi connectivity index (χ0n) is 8.35. The van der Waals surface area contributed by atoms with Gasteiger partial charge in [0.2, 0.25) is 0 Å². The van der Waals surface area contributed by atoms with Gasteiger partial charge in [0.15, 0.2) is 0 Å². The summed E-state index contributed by atoms with van der Waals surface area (Å²) in [5, 5.41) is 0. The van der Waals surface area contributed by atoms with Crippen LogP contribution in [0.3, 0.4) is 0 Å². The minimum atomic E-state index is 0.524. The van der Waals surface area contributed by atoms with Gasteiger partial charge in [-0.1, -0.05) is 20.8 Å². The molecular formula is C10H21N. The molecule has 0 spiro atoms. The van der Waals surface area contributed by atoms with Crippen LogP contribution in [-0.4, -0.2) is 24.5 Å². The predicted octanol–water partition coefficient (Wildman–Crippen LogP) is 2.52. The Labute approximate surface area is 70.8 Å². The summed E-state index contributed by atoms with van der Waals surface area (Å²) in [7, 11) is 2.23. The lowest BCUT2D eigenvalue weighted by molar-refractivity contribution is 0.106. The highest BCUT2D eigenvalue weighted by atomic mass is 15.2. The number of nitrogens with zero attached hydrogens (tertiary/aromatic N) is 1. The second-order valence-corrected chi connectivity index (χ2v) is 5.02. The van der Waals surface area contributed by atoms with E-state index in [0.29, 0.717) is 5.41 Å². The van der Waals surface area contributed by atoms with E-state index in [1.165, 1.54) is 25.8 Å². The molecule has 1 saturated heterocycles. The molecule has 66 valence electrons. The second kappa shape index (κ2) is 3.14. The number of likely N-dealkylation sites (tertiary alicyclic amines) is 1. The lowest BCUT2D eigenvalue weighted by atomic mass is 9.86. The number of hydrogen-bond acceptors (Lipinski definition) is 1. The van der Waals surface area contributed by atoms with Crippen LogP contribution in [0.25, 0.3) is 0 Å². The monoisotopic (exact) mass is 155 g/mol. The van der Waals surface area contributed by atoms with Crippen molar-refractivity contribution in [2.45, 2.75) is 46.1 Å². The van der Waals surface area contributed by atoms with E-state index in [2.05, 4.69) is 32.7 Å². The third-order valence-electron chi connectivity index (χ3n) is 2.67. The van der Waals surface area contributed by atoms with E-state index in [0.717, 1.165) is 6.04 Å². The van der Waals surface area contributed by atoms with Gasteiger partial charge in [0.1, 0.15) is 0 Å². The molecule has 1 heterocycles. The molecule has 1 unspecified atom stereocenters. The molecule has 0 aromatic carbocycles. The molecule has 0 aromatic rings. The van der Waals surface area contributed by atoms with Crippen molar-refractivity contribution < 1.29 is 0 Å². The van der Waals surface area contributed by atoms with E-state index in [-0.39, 0.29) is 0 Å². The summed E-state index contributed by atoms with van der Waals surface area (Å²) in [6.45, 7) is 8.29. The maximum Gasteiger partial charge on any atom is 0.0105 e. The van der Waals surface area contributed by atoms with Crippen LogP contribution >= 0.6 is 0 Å². The number of hydrogen-bond donors (Lipinski definition) is 0. The molecule has 0 N–H and O–H groups in total. The van der Waals surface area contributed by atoms with Crippen molar-refractivity contribution in [2.24, 2.45) is 5.41 Å². The molecular weight excluding hydrogens is 134 g/mol. The fourth-order valence-corrected chi connectivity index (χ4v) is 1.53. The topological polar surface area (TPSA) is 3.24 Å². The summed E-state index contributed by atoms with van der Waals surface area (Å²) < 4.78 is 0. The smallest absolute Gasteiger partial charge is 0.0105 e. The summed E-state index contributed by atoms with van der Waals surface area (Å²) in [5.74, 6) is 0. The zero-order valence-corrected chi connectivity index (χ0v) is 8.35. The molecule has 0 radical (unpaired) electrons. The molecule has 0 bridgehead atoms. The lowest BCUT2D eigenvalue weighted by Gasteiger charge is -2.39. The maximum atomic E-state index is 2.46. The minimum Gasteiger partial charge on any atom is -0.303 e. The Morgan fingerprint density at radius 2 is 2.00 bits per heavy atom. The van der Waals surface area contributed by atoms with Gasteiger partial charge in [-0.15, -0.1) is 0 Å². The van der Waals surface area contributed by atoms with Gasteiger partial charge in [0.05, 0.1) is 0 Å². The van der Waals surface area contributed by atoms with Crippen molar-refractivity contribution in [3.05, 3.63) is 0 Å². The Hall–Kier alpha value is -0.0400. The summed E-state index contributed by atoms with van der Waals surface area (Å²) in [6, 6.07) is 0.897. The van der Waals surface area contributed by atoms with E-state index in [9.17, 15) is 0 Å². The fraction of sp³-hybridized carbons (Fsp3) is 1.00. The Kier molecular flexibility index (Phi) is 2.58. The van der Waals surface area contributed by atoms with Gasteiger partial charge in [0.25, 0.3) is 0 Å². The molecule has 0 aliphatic carbocycles. The van der Waals surface area contributed by atoms with E-state index in [1.54, 1.807) is 0 Å². The molecule has 1 nitrogen and oxygen atoms in total. The van der Waals surface area contributed by atoms with E-state index in [1.807, 2.05) is 0 Å². The summed E-state index contributed by atoms with van der Waals surface area (Å²) in [6.07, 6.45) is 4.18. The van der Waals surface area contributed by atoms with Crippen molar-refractivity contribution in [1.29, 1.82) is 0 Å². The molecule has 0 saturated carbocycles. The van der Waals surface area contributed by atoms with Crippen LogP contribution in [0.2, 0.25) is 0 Å². The first-order valence-electron chi connectivity index (χ1n) is 4.69. The highest BCUT2D eigenvalue weighted by molar-refractivity contribution is 4.80. The van der Waals surface area contributed by atoms with E-state index >= 15 is 0 Å². The largest absolute Gasteiger partial charge is 0.303 e. The lowest BCUT2D eigenvalue weighted by Crippen LogP contribution is -2.44. The molecule has 1 heteroatoms. The van der Waals surface area contributed by atoms with Crippen molar-refractivity contribution in [1.82, 2.24) is 4.90 Å². The average Bonchev–Trinajstić information content (AvgIpc) is 1.82. The zero-order chi connectivity index (χ0) is 8.48. The first-order valence-corrected chi connectivity index (χ1v) is 4.69. The Bertz CT molecular complexity index is 123. The maximum absolute atomic E-state index is 2.46. The highest BCUT2D eigenvalue weighted by Gasteiger charge is 2.25. The van der Waals surface area contributed by atoms with Crippen molar-refractivity contribution >= 4 is 0 Å². The van der Waals surface area contributed by atoms with Crippen LogP contribution in [0.4, 0.5) is 0 Å². The van der Waals surface area contributed by atoms with Crippen molar-refractivity contribution in [3.8, 4) is 0 Å². The third-order valence-corrected chi connectivity index (χ3v) is 2.67. The molecule has 1 atom stereocenters. The highest BCUT2D eigenvalue weighted by Crippen LogP contribution is 2.27. The van der Waals surface area contributed by atoms with Crippen LogP contribution in [0.15, 0.2) is 0 Å². The van der Waals surface area contributed by atoms with E-state index in [4.69, 9.17) is 0 Å². The molecule has 0 aromatic heterocycles. The minimum absolute atomic E-state index is 0.524. The molecule has 1 aliphatic rings. The number of rotatable bonds is 2. The van der Waals surface area contributed by atoms with Gasteiger partial charge in [-0.05, 0) is 38.3 Å². The van der Waals surface area contributed by atoms with Crippen LogP contribution in [-0.2, 0) is 0 Å². The average molecular weight is 155 g/mol. The predicted molar refractivity (Wildman–Crippen MR) is 49.7 cm³/mol. The van der Waals surface area contributed by atoms with Crippen LogP contribution < -0.4 is 0 Å². The van der Waals surface area contributed by atoms with Crippen LogP contribution in [0.5, 0.6) is 0 Å². The Balaban J connectivity index is 2.12. The van der Waals surface area contributed by atoms with Crippen LogP contribution in [0.1, 0.15) is 40.0 Å². The molecule has 1 fully saturated rings. The quantitative estimate of drug-likeness (QED) is 0.592. The summed E-state index contributed by atoms with van der Waals surface area (Å²) >= 11 is 0. The fourth-order valence-electron chi connectivity index (χ4n) is 1.53. The van der Waals surface area contributed by atoms with Gasteiger partial charge in [-0.3, -0.25) is 0 Å². The van der Waals surface area contributed by atoms with E-state index < -0.39 is 0 Å². The SMILES string of the molecule is CN1CCC1CCC(C)(C)C. The van der Waals surface area contributed by atoms with Crippen molar-refractivity contribution in [3.63, 3.8) is 0 Å². The normalized spacial score (nSPS) is 26.7. The first kappa shape index (κ1) is 9.05. The first-order chi connectivity index (χ1) is 4.99. The Morgan fingerprint density at radius 1 is 1.36 bits per heavy atom. The third kappa shape index (κ3) is 2.82. The molecule has 1 rings (SSSR count). The van der Waals surface area contributed by atoms with Gasteiger partial charge in [-0.2, -0.15) is 0 Å². The van der Waals surface area contributed by atoms with Gasteiger partial charge in [0, 0.05) is 6.04 Å². The van der Waals surface area contributed by atoms with Gasteiger partial charge >= 0.3 is 0 Å². The summed E-state index contributed by atoms with van der Waals surface area (Å²) in [4.78, 5) is 2.46.